The van der Waals surface area contributed by atoms with E-state index in [2.05, 4.69) is 22.2 Å². The van der Waals surface area contributed by atoms with Gasteiger partial charge in [-0.05, 0) is 36.8 Å². The maximum Gasteiger partial charge on any atom is 0.250 e. The summed E-state index contributed by atoms with van der Waals surface area (Å²) in [6.45, 7) is 2.10. The zero-order valence-corrected chi connectivity index (χ0v) is 16.4. The van der Waals surface area contributed by atoms with Gasteiger partial charge in [-0.25, -0.2) is 8.42 Å². The van der Waals surface area contributed by atoms with E-state index in [0.717, 1.165) is 37.0 Å². The van der Waals surface area contributed by atoms with Crippen molar-refractivity contribution in [2.75, 3.05) is 6.54 Å². The van der Waals surface area contributed by atoms with E-state index in [9.17, 15) is 13.2 Å². The summed E-state index contributed by atoms with van der Waals surface area (Å²) in [5.41, 5.74) is 1.19. The molecule has 26 heavy (non-hydrogen) atoms. The number of hydrogen-bond acceptors (Lipinski definition) is 4. The van der Waals surface area contributed by atoms with Gasteiger partial charge in [0.15, 0.2) is 0 Å². The second kappa shape index (κ2) is 7.90. The number of nitrogens with one attached hydrogen (secondary N) is 2. The summed E-state index contributed by atoms with van der Waals surface area (Å²) in [6, 6.07) is 12.6. The lowest BCUT2D eigenvalue weighted by Crippen LogP contribution is -2.48. The lowest BCUT2D eigenvalue weighted by molar-refractivity contribution is -0.122. The molecule has 1 aliphatic rings. The second-order valence-electron chi connectivity index (χ2n) is 6.85. The fourth-order valence-corrected chi connectivity index (χ4v) is 5.79. The lowest BCUT2D eigenvalue weighted by atomic mass is 9.79. The van der Waals surface area contributed by atoms with E-state index >= 15 is 0 Å². The molecular weight excluding hydrogens is 368 g/mol. The predicted molar refractivity (Wildman–Crippen MR) is 104 cm³/mol. The summed E-state index contributed by atoms with van der Waals surface area (Å²) in [5, 5.41) is 4.67. The lowest BCUT2D eigenvalue weighted by Gasteiger charge is -2.30. The maximum absolute atomic E-state index is 12.5. The fourth-order valence-electron chi connectivity index (χ4n) is 3.58. The van der Waals surface area contributed by atoms with Crippen LogP contribution in [0.4, 0.5) is 0 Å². The minimum Gasteiger partial charge on any atom is -0.354 e. The smallest absolute Gasteiger partial charge is 0.250 e. The SMILES string of the molecule is CC(NS(=O)(=O)c1cccs1)C(=O)NCC1(c2ccccc2)CCCC1. The molecule has 0 aliphatic heterocycles. The van der Waals surface area contributed by atoms with Crippen LogP contribution in [0.5, 0.6) is 0 Å². The Hall–Kier alpha value is -1.70. The molecule has 3 rings (SSSR count). The van der Waals surface area contributed by atoms with Crippen molar-refractivity contribution in [1.82, 2.24) is 10.0 Å². The molecule has 5 nitrogen and oxygen atoms in total. The molecule has 140 valence electrons. The van der Waals surface area contributed by atoms with Crippen LogP contribution < -0.4 is 10.0 Å². The molecule has 1 aromatic heterocycles. The Labute approximate surface area is 158 Å². The summed E-state index contributed by atoms with van der Waals surface area (Å²) >= 11 is 1.13. The standard InChI is InChI=1S/C19H24N2O3S2/c1-15(21-26(23,24)17-10-7-13-25-17)18(22)20-14-19(11-5-6-12-19)16-8-3-2-4-9-16/h2-4,7-10,13,15,21H,5-6,11-12,14H2,1H3,(H,20,22). The van der Waals surface area contributed by atoms with Gasteiger partial charge in [0.2, 0.25) is 5.91 Å². The molecule has 1 unspecified atom stereocenters. The average Bonchev–Trinajstić information content (AvgIpc) is 3.33. The van der Waals surface area contributed by atoms with E-state index < -0.39 is 16.1 Å². The van der Waals surface area contributed by atoms with Crippen molar-refractivity contribution in [2.45, 2.75) is 48.3 Å². The van der Waals surface area contributed by atoms with Crippen molar-refractivity contribution >= 4 is 27.3 Å². The first-order valence-electron chi connectivity index (χ1n) is 8.82. The van der Waals surface area contributed by atoms with Crippen LogP contribution in [-0.2, 0) is 20.2 Å². The quantitative estimate of drug-likeness (QED) is 0.760. The van der Waals surface area contributed by atoms with Crippen LogP contribution in [0.15, 0.2) is 52.1 Å². The van der Waals surface area contributed by atoms with Crippen molar-refractivity contribution in [1.29, 1.82) is 0 Å². The van der Waals surface area contributed by atoms with Crippen LogP contribution in [0, 0.1) is 0 Å². The Morgan fingerprint density at radius 2 is 1.85 bits per heavy atom. The van der Waals surface area contributed by atoms with E-state index in [0.29, 0.717) is 6.54 Å². The van der Waals surface area contributed by atoms with Gasteiger partial charge in [-0.2, -0.15) is 4.72 Å². The molecule has 0 spiro atoms. The zero-order chi connectivity index (χ0) is 18.6. The number of thiophene rings is 1. The first-order chi connectivity index (χ1) is 12.4. The molecule has 1 aliphatic carbocycles. The molecule has 1 aromatic carbocycles. The van der Waals surface area contributed by atoms with Crippen LogP contribution in [0.25, 0.3) is 0 Å². The number of benzene rings is 1. The Morgan fingerprint density at radius 1 is 1.15 bits per heavy atom. The van der Waals surface area contributed by atoms with Gasteiger partial charge in [-0.3, -0.25) is 4.79 Å². The third-order valence-corrected chi connectivity index (χ3v) is 7.97. The van der Waals surface area contributed by atoms with Gasteiger partial charge in [-0.15, -0.1) is 11.3 Å². The minimum absolute atomic E-state index is 0.0523. The van der Waals surface area contributed by atoms with Gasteiger partial charge >= 0.3 is 0 Å². The van der Waals surface area contributed by atoms with Crippen LogP contribution in [0.1, 0.15) is 38.2 Å². The Balaban J connectivity index is 1.64. The first kappa shape index (κ1) is 19.1. The van der Waals surface area contributed by atoms with Crippen LogP contribution >= 0.6 is 11.3 Å². The average molecular weight is 393 g/mol. The molecule has 0 saturated heterocycles. The van der Waals surface area contributed by atoms with E-state index in [1.54, 1.807) is 18.4 Å². The summed E-state index contributed by atoms with van der Waals surface area (Å²) in [7, 11) is -3.66. The molecule has 1 fully saturated rings. The maximum atomic E-state index is 12.5. The normalized spacial score (nSPS) is 17.7. The molecule has 1 amide bonds. The topological polar surface area (TPSA) is 75.3 Å². The number of rotatable bonds is 7. The zero-order valence-electron chi connectivity index (χ0n) is 14.8. The predicted octanol–water partition coefficient (Wildman–Crippen LogP) is 3.04. The fraction of sp³-hybridized carbons (Fsp3) is 0.421. The van der Waals surface area contributed by atoms with Crippen LogP contribution in [0.3, 0.4) is 0 Å². The van der Waals surface area contributed by atoms with Crippen molar-refractivity contribution < 1.29 is 13.2 Å². The van der Waals surface area contributed by atoms with E-state index in [4.69, 9.17) is 0 Å². The summed E-state index contributed by atoms with van der Waals surface area (Å²) in [5.74, 6) is -0.299. The Kier molecular flexibility index (Phi) is 5.79. The van der Waals surface area contributed by atoms with Crippen LogP contribution in [0.2, 0.25) is 0 Å². The van der Waals surface area contributed by atoms with E-state index in [-0.39, 0.29) is 15.5 Å². The minimum atomic E-state index is -3.66. The Bertz CT molecular complexity index is 827. The monoisotopic (exact) mass is 392 g/mol. The number of carbonyl (C=O) groups excluding carboxylic acids is 1. The third-order valence-electron chi connectivity index (χ3n) is 5.03. The van der Waals surface area contributed by atoms with Gasteiger partial charge in [0, 0.05) is 12.0 Å². The van der Waals surface area contributed by atoms with Gasteiger partial charge in [0.1, 0.15) is 4.21 Å². The molecular formula is C19H24N2O3S2. The highest BCUT2D eigenvalue weighted by molar-refractivity contribution is 7.91. The molecule has 2 aromatic rings. The third kappa shape index (κ3) is 4.16. The van der Waals surface area contributed by atoms with Gasteiger partial charge in [0.25, 0.3) is 10.0 Å². The Morgan fingerprint density at radius 3 is 2.46 bits per heavy atom. The van der Waals surface area contributed by atoms with Gasteiger partial charge in [0.05, 0.1) is 6.04 Å². The van der Waals surface area contributed by atoms with Gasteiger partial charge in [-0.1, -0.05) is 49.2 Å². The summed E-state index contributed by atoms with van der Waals surface area (Å²) in [6.07, 6.45) is 4.36. The molecule has 0 radical (unpaired) electrons. The van der Waals surface area contributed by atoms with E-state index in [1.165, 1.54) is 11.6 Å². The van der Waals surface area contributed by atoms with Crippen molar-refractivity contribution in [3.8, 4) is 0 Å². The second-order valence-corrected chi connectivity index (χ2v) is 9.73. The van der Waals surface area contributed by atoms with Gasteiger partial charge < -0.3 is 5.32 Å². The highest BCUT2D eigenvalue weighted by atomic mass is 32.2. The highest BCUT2D eigenvalue weighted by Crippen LogP contribution is 2.40. The number of amides is 1. The molecule has 1 saturated carbocycles. The van der Waals surface area contributed by atoms with Crippen LogP contribution in [-0.4, -0.2) is 26.9 Å². The number of carbonyl (C=O) groups is 1. The largest absolute Gasteiger partial charge is 0.354 e. The molecule has 7 heteroatoms. The highest BCUT2D eigenvalue weighted by Gasteiger charge is 2.36. The summed E-state index contributed by atoms with van der Waals surface area (Å²) < 4.78 is 27.2. The molecule has 1 atom stereocenters. The molecule has 2 N–H and O–H groups in total. The van der Waals surface area contributed by atoms with Crippen molar-refractivity contribution in [3.05, 3.63) is 53.4 Å². The van der Waals surface area contributed by atoms with Crippen molar-refractivity contribution in [2.24, 2.45) is 0 Å². The number of sulfonamides is 1. The number of hydrogen-bond donors (Lipinski definition) is 2. The molecule has 1 heterocycles. The van der Waals surface area contributed by atoms with E-state index in [1.807, 2.05) is 18.2 Å². The summed E-state index contributed by atoms with van der Waals surface area (Å²) in [4.78, 5) is 12.5. The molecule has 0 bridgehead atoms. The van der Waals surface area contributed by atoms with Crippen molar-refractivity contribution in [3.63, 3.8) is 0 Å². The first-order valence-corrected chi connectivity index (χ1v) is 11.2.